The molecule has 2 aromatic carbocycles. The molecule has 1 aromatic heterocycles. The predicted molar refractivity (Wildman–Crippen MR) is 94.0 cm³/mol. The quantitative estimate of drug-likeness (QED) is 0.761. The minimum atomic E-state index is -2.89. The molecule has 0 bridgehead atoms. The first kappa shape index (κ1) is 16.3. The summed E-state index contributed by atoms with van der Waals surface area (Å²) in [5.41, 5.74) is 3.36. The number of para-hydroxylation sites is 1. The van der Waals surface area contributed by atoms with Crippen LogP contribution in [0.3, 0.4) is 0 Å². The molecule has 2 heterocycles. The van der Waals surface area contributed by atoms with Gasteiger partial charge in [0.15, 0.2) is 0 Å². The molecule has 1 N–H and O–H groups in total. The van der Waals surface area contributed by atoms with E-state index in [0.29, 0.717) is 17.2 Å². The summed E-state index contributed by atoms with van der Waals surface area (Å²) in [6.07, 6.45) is 3.41. The van der Waals surface area contributed by atoms with Crippen molar-refractivity contribution in [1.82, 2.24) is 14.8 Å². The van der Waals surface area contributed by atoms with E-state index in [1.807, 2.05) is 37.3 Å². The Bertz CT molecular complexity index is 967. The molecule has 0 fully saturated rings. The third kappa shape index (κ3) is 2.92. The Balaban J connectivity index is 1.82. The van der Waals surface area contributed by atoms with Crippen LogP contribution in [0.1, 0.15) is 22.7 Å². The minimum absolute atomic E-state index is 0.109. The maximum Gasteiger partial charge on any atom is 0.387 e. The summed E-state index contributed by atoms with van der Waals surface area (Å²) >= 11 is 0. The number of aryl methyl sites for hydroxylation is 1. The van der Waals surface area contributed by atoms with Crippen molar-refractivity contribution in [3.05, 3.63) is 77.6 Å². The van der Waals surface area contributed by atoms with E-state index >= 15 is 0 Å². The smallest absolute Gasteiger partial charge is 0.387 e. The van der Waals surface area contributed by atoms with Crippen molar-refractivity contribution >= 4 is 11.6 Å². The van der Waals surface area contributed by atoms with Crippen molar-refractivity contribution in [3.8, 4) is 5.75 Å². The van der Waals surface area contributed by atoms with E-state index in [-0.39, 0.29) is 11.8 Å². The number of fused-ring (bicyclic) bond motifs is 1. The number of ether oxygens (including phenoxy) is 1. The van der Waals surface area contributed by atoms with Gasteiger partial charge in [-0.3, -0.25) is 0 Å². The Morgan fingerprint density at radius 3 is 2.69 bits per heavy atom. The summed E-state index contributed by atoms with van der Waals surface area (Å²) in [7, 11) is 0. The molecule has 0 unspecified atom stereocenters. The topological polar surface area (TPSA) is 52.0 Å². The third-order valence-electron chi connectivity index (χ3n) is 4.31. The lowest BCUT2D eigenvalue weighted by atomic mass is 9.98. The van der Waals surface area contributed by atoms with Crippen LogP contribution in [-0.4, -0.2) is 21.4 Å². The number of anilines is 1. The van der Waals surface area contributed by atoms with Gasteiger partial charge in [0.2, 0.25) is 5.95 Å². The molecule has 4 rings (SSSR count). The second kappa shape index (κ2) is 6.59. The lowest BCUT2D eigenvalue weighted by Crippen LogP contribution is -2.21. The molecule has 7 heteroatoms. The van der Waals surface area contributed by atoms with Gasteiger partial charge in [0.05, 0.1) is 5.70 Å². The molecule has 0 saturated heterocycles. The molecule has 0 radical (unpaired) electrons. The fourth-order valence-corrected chi connectivity index (χ4v) is 3.12. The maximum absolute atomic E-state index is 12.8. The van der Waals surface area contributed by atoms with Crippen LogP contribution in [0.25, 0.3) is 5.70 Å². The summed E-state index contributed by atoms with van der Waals surface area (Å²) in [5.74, 6) is 0.653. The van der Waals surface area contributed by atoms with E-state index in [4.69, 9.17) is 0 Å². The Kier molecular flexibility index (Phi) is 4.12. The Morgan fingerprint density at radius 1 is 1.12 bits per heavy atom. The van der Waals surface area contributed by atoms with Crippen LogP contribution in [0.4, 0.5) is 14.7 Å². The molecule has 3 aromatic rings. The SMILES string of the molecule is Cc1ccccc1[C@H]1C=C(c2ccccc2OC(F)F)Nc2ncnn21. The number of halogens is 2. The van der Waals surface area contributed by atoms with Crippen LogP contribution >= 0.6 is 0 Å². The van der Waals surface area contributed by atoms with Crippen molar-refractivity contribution in [2.75, 3.05) is 5.32 Å². The van der Waals surface area contributed by atoms with Gasteiger partial charge in [0, 0.05) is 5.56 Å². The second-order valence-corrected chi connectivity index (χ2v) is 5.91. The molecule has 132 valence electrons. The number of rotatable bonds is 4. The van der Waals surface area contributed by atoms with Crippen molar-refractivity contribution < 1.29 is 13.5 Å². The minimum Gasteiger partial charge on any atom is -0.434 e. The normalized spacial score (nSPS) is 16.0. The molecule has 0 spiro atoms. The summed E-state index contributed by atoms with van der Waals surface area (Å²) in [6, 6.07) is 14.5. The molecular formula is C19H16F2N4O. The van der Waals surface area contributed by atoms with Crippen LogP contribution < -0.4 is 10.1 Å². The van der Waals surface area contributed by atoms with E-state index < -0.39 is 6.61 Å². The Labute approximate surface area is 148 Å². The highest BCUT2D eigenvalue weighted by molar-refractivity contribution is 5.80. The van der Waals surface area contributed by atoms with Crippen LogP contribution in [0.2, 0.25) is 0 Å². The standard InChI is InChI=1S/C19H16F2N4O/c1-12-6-2-3-7-13(12)16-10-15(24-19-22-11-23-25(16)19)14-8-4-5-9-17(14)26-18(20)21/h2-11,16,18H,1H3,(H,22,23,24)/t16-/m1/s1. The maximum atomic E-state index is 12.8. The summed E-state index contributed by atoms with van der Waals surface area (Å²) in [6.45, 7) is -0.869. The van der Waals surface area contributed by atoms with E-state index in [1.54, 1.807) is 22.9 Å². The van der Waals surface area contributed by atoms with Crippen LogP contribution in [0.5, 0.6) is 5.75 Å². The molecule has 0 amide bonds. The number of nitrogens with zero attached hydrogens (tertiary/aromatic N) is 3. The van der Waals surface area contributed by atoms with Crippen molar-refractivity contribution in [2.45, 2.75) is 19.6 Å². The van der Waals surface area contributed by atoms with Gasteiger partial charge < -0.3 is 10.1 Å². The molecular weight excluding hydrogens is 338 g/mol. The summed E-state index contributed by atoms with van der Waals surface area (Å²) in [4.78, 5) is 4.24. The lowest BCUT2D eigenvalue weighted by molar-refractivity contribution is -0.0500. The third-order valence-corrected chi connectivity index (χ3v) is 4.31. The van der Waals surface area contributed by atoms with Crippen molar-refractivity contribution in [1.29, 1.82) is 0 Å². The fourth-order valence-electron chi connectivity index (χ4n) is 3.12. The predicted octanol–water partition coefficient (Wildman–Crippen LogP) is 4.24. The van der Waals surface area contributed by atoms with E-state index in [0.717, 1.165) is 11.1 Å². The van der Waals surface area contributed by atoms with Crippen LogP contribution in [0, 0.1) is 6.92 Å². The van der Waals surface area contributed by atoms with Gasteiger partial charge in [-0.05, 0) is 36.3 Å². The van der Waals surface area contributed by atoms with E-state index in [1.165, 1.54) is 12.4 Å². The van der Waals surface area contributed by atoms with Crippen LogP contribution in [-0.2, 0) is 0 Å². The van der Waals surface area contributed by atoms with Gasteiger partial charge >= 0.3 is 6.61 Å². The zero-order valence-corrected chi connectivity index (χ0v) is 13.9. The average Bonchev–Trinajstić information content (AvgIpc) is 3.10. The molecule has 0 aliphatic carbocycles. The fraction of sp³-hybridized carbons (Fsp3) is 0.158. The molecule has 5 nitrogen and oxygen atoms in total. The Morgan fingerprint density at radius 2 is 1.88 bits per heavy atom. The number of benzene rings is 2. The average molecular weight is 354 g/mol. The molecule has 1 atom stereocenters. The largest absolute Gasteiger partial charge is 0.434 e. The van der Waals surface area contributed by atoms with Gasteiger partial charge in [-0.1, -0.05) is 36.4 Å². The lowest BCUT2D eigenvalue weighted by Gasteiger charge is -2.26. The zero-order valence-electron chi connectivity index (χ0n) is 13.9. The van der Waals surface area contributed by atoms with Gasteiger partial charge in [-0.2, -0.15) is 18.9 Å². The van der Waals surface area contributed by atoms with E-state index in [2.05, 4.69) is 20.1 Å². The summed E-state index contributed by atoms with van der Waals surface area (Å²) in [5, 5.41) is 7.45. The van der Waals surface area contributed by atoms with Gasteiger partial charge in [0.25, 0.3) is 0 Å². The monoisotopic (exact) mass is 354 g/mol. The van der Waals surface area contributed by atoms with Gasteiger partial charge in [-0.25, -0.2) is 4.68 Å². The highest BCUT2D eigenvalue weighted by Crippen LogP contribution is 2.36. The summed E-state index contributed by atoms with van der Waals surface area (Å²) < 4.78 is 32.0. The molecule has 0 saturated carbocycles. The number of alkyl halides is 2. The molecule has 1 aliphatic heterocycles. The number of nitrogens with one attached hydrogen (secondary N) is 1. The van der Waals surface area contributed by atoms with Crippen molar-refractivity contribution in [2.24, 2.45) is 0 Å². The first-order valence-electron chi connectivity index (χ1n) is 8.11. The van der Waals surface area contributed by atoms with E-state index in [9.17, 15) is 8.78 Å². The first-order valence-corrected chi connectivity index (χ1v) is 8.11. The highest BCUT2D eigenvalue weighted by atomic mass is 19.3. The van der Waals surface area contributed by atoms with Crippen LogP contribution in [0.15, 0.2) is 60.9 Å². The number of hydrogen-bond acceptors (Lipinski definition) is 4. The number of hydrogen-bond donors (Lipinski definition) is 1. The Hall–Kier alpha value is -3.22. The van der Waals surface area contributed by atoms with Gasteiger partial charge in [-0.15, -0.1) is 0 Å². The molecule has 26 heavy (non-hydrogen) atoms. The highest BCUT2D eigenvalue weighted by Gasteiger charge is 2.25. The zero-order chi connectivity index (χ0) is 18.1. The number of aromatic nitrogens is 3. The number of allylic oxidation sites excluding steroid dienone is 1. The molecule has 1 aliphatic rings. The first-order chi connectivity index (χ1) is 12.6. The second-order valence-electron chi connectivity index (χ2n) is 5.91. The van der Waals surface area contributed by atoms with Crippen molar-refractivity contribution in [3.63, 3.8) is 0 Å². The van der Waals surface area contributed by atoms with Gasteiger partial charge in [0.1, 0.15) is 18.1 Å².